The van der Waals surface area contributed by atoms with Crippen LogP contribution in [0.2, 0.25) is 0 Å². The molecule has 0 saturated heterocycles. The van der Waals surface area contributed by atoms with Crippen LogP contribution in [0, 0.1) is 0 Å². The third kappa shape index (κ3) is 3.75. The second-order valence-corrected chi connectivity index (χ2v) is 3.85. The Balaban J connectivity index is 1.80. The zero-order valence-corrected chi connectivity index (χ0v) is 9.48. The zero-order valence-electron chi connectivity index (χ0n) is 9.48. The lowest BCUT2D eigenvalue weighted by Crippen LogP contribution is -2.16. The van der Waals surface area contributed by atoms with Gasteiger partial charge in [-0.1, -0.05) is 0 Å². The molecule has 0 aliphatic heterocycles. The van der Waals surface area contributed by atoms with E-state index in [1.807, 2.05) is 0 Å². The molecule has 0 unspecified atom stereocenters. The summed E-state index contributed by atoms with van der Waals surface area (Å²) in [5, 5.41) is 3.38. The Morgan fingerprint density at radius 3 is 3.00 bits per heavy atom. The third-order valence-electron chi connectivity index (χ3n) is 2.35. The van der Waals surface area contributed by atoms with Gasteiger partial charge in [0.25, 0.3) is 0 Å². The molecule has 88 valence electrons. The van der Waals surface area contributed by atoms with Gasteiger partial charge in [-0.2, -0.15) is 0 Å². The molecule has 1 aliphatic rings. The maximum atomic E-state index is 5.38. The van der Waals surface area contributed by atoms with Gasteiger partial charge >= 0.3 is 0 Å². The summed E-state index contributed by atoms with van der Waals surface area (Å²) in [4.78, 5) is 8.43. The molecule has 0 aromatic carbocycles. The number of nitrogens with zero attached hydrogens (tertiary/aromatic N) is 2. The molecular formula is C11H17N3O2. The quantitative estimate of drug-likeness (QED) is 0.691. The van der Waals surface area contributed by atoms with E-state index in [0.717, 1.165) is 12.2 Å². The van der Waals surface area contributed by atoms with Crippen molar-refractivity contribution < 1.29 is 9.47 Å². The lowest BCUT2D eigenvalue weighted by atomic mass is 10.4. The second-order valence-electron chi connectivity index (χ2n) is 3.85. The number of hydrogen-bond acceptors (Lipinski definition) is 5. The molecule has 2 rings (SSSR count). The molecular weight excluding hydrogens is 206 g/mol. The Hall–Kier alpha value is -1.20. The summed E-state index contributed by atoms with van der Waals surface area (Å²) in [6.45, 7) is 1.83. The highest BCUT2D eigenvalue weighted by atomic mass is 16.5. The molecule has 1 fully saturated rings. The van der Waals surface area contributed by atoms with E-state index in [1.165, 1.54) is 12.8 Å². The Labute approximate surface area is 95.2 Å². The molecule has 1 aromatic heterocycles. The number of methoxy groups -OCH3 is 1. The fourth-order valence-corrected chi connectivity index (χ4v) is 1.31. The molecule has 5 heteroatoms. The van der Waals surface area contributed by atoms with Crippen molar-refractivity contribution in [2.24, 2.45) is 0 Å². The summed E-state index contributed by atoms with van der Waals surface area (Å²) in [5.41, 5.74) is 0.918. The lowest BCUT2D eigenvalue weighted by Gasteiger charge is -2.06. The van der Waals surface area contributed by atoms with E-state index in [0.29, 0.717) is 25.1 Å². The van der Waals surface area contributed by atoms with Gasteiger partial charge in [-0.3, -0.25) is 4.98 Å². The maximum absolute atomic E-state index is 5.38. The van der Waals surface area contributed by atoms with E-state index in [1.54, 1.807) is 19.5 Å². The molecule has 0 bridgehead atoms. The van der Waals surface area contributed by atoms with Gasteiger partial charge in [-0.25, -0.2) is 4.98 Å². The molecule has 5 nitrogen and oxygen atoms in total. The molecule has 1 heterocycles. The van der Waals surface area contributed by atoms with E-state index in [-0.39, 0.29) is 0 Å². The van der Waals surface area contributed by atoms with E-state index < -0.39 is 0 Å². The topological polar surface area (TPSA) is 56.3 Å². The molecule has 16 heavy (non-hydrogen) atoms. The van der Waals surface area contributed by atoms with Crippen molar-refractivity contribution in [2.75, 3.05) is 20.3 Å². The molecule has 1 N–H and O–H groups in total. The summed E-state index contributed by atoms with van der Waals surface area (Å²) in [5.74, 6) is 0.562. The Morgan fingerprint density at radius 1 is 1.38 bits per heavy atom. The third-order valence-corrected chi connectivity index (χ3v) is 2.35. The van der Waals surface area contributed by atoms with E-state index in [2.05, 4.69) is 15.3 Å². The standard InChI is InChI=1S/C11H17N3O2/c1-15-4-5-16-11-8-12-6-10(14-11)7-13-9-2-3-9/h6,8-9,13H,2-5,7H2,1H3. The zero-order chi connectivity index (χ0) is 11.2. The number of ether oxygens (including phenoxy) is 2. The summed E-state index contributed by atoms with van der Waals surface area (Å²) in [7, 11) is 1.64. The fraction of sp³-hybridized carbons (Fsp3) is 0.636. The SMILES string of the molecule is COCCOc1cncc(CNC2CC2)n1. The van der Waals surface area contributed by atoms with Crippen molar-refractivity contribution in [3.63, 3.8) is 0 Å². The second kappa shape index (κ2) is 5.77. The van der Waals surface area contributed by atoms with Crippen LogP contribution in [0.3, 0.4) is 0 Å². The Bertz CT molecular complexity index is 329. The summed E-state index contributed by atoms with van der Waals surface area (Å²) >= 11 is 0. The van der Waals surface area contributed by atoms with Gasteiger partial charge in [0, 0.05) is 25.9 Å². The molecule has 1 aromatic rings. The van der Waals surface area contributed by atoms with Gasteiger partial charge in [0.05, 0.1) is 18.5 Å². The maximum Gasteiger partial charge on any atom is 0.232 e. The lowest BCUT2D eigenvalue weighted by molar-refractivity contribution is 0.143. The van der Waals surface area contributed by atoms with Crippen molar-refractivity contribution in [2.45, 2.75) is 25.4 Å². The summed E-state index contributed by atoms with van der Waals surface area (Å²) < 4.78 is 10.3. The average Bonchev–Trinajstić information content (AvgIpc) is 3.11. The predicted molar refractivity (Wildman–Crippen MR) is 59.3 cm³/mol. The van der Waals surface area contributed by atoms with Crippen LogP contribution >= 0.6 is 0 Å². The van der Waals surface area contributed by atoms with Crippen molar-refractivity contribution in [3.05, 3.63) is 18.1 Å². The minimum atomic E-state index is 0.505. The van der Waals surface area contributed by atoms with Crippen LogP contribution in [-0.2, 0) is 11.3 Å². The summed E-state index contributed by atoms with van der Waals surface area (Å²) in [6, 6.07) is 0.680. The highest BCUT2D eigenvalue weighted by Crippen LogP contribution is 2.19. The van der Waals surface area contributed by atoms with Gasteiger partial charge in [-0.05, 0) is 12.8 Å². The average molecular weight is 223 g/mol. The number of rotatable bonds is 7. The Kier molecular flexibility index (Phi) is 4.07. The van der Waals surface area contributed by atoms with Crippen LogP contribution in [0.1, 0.15) is 18.5 Å². The van der Waals surface area contributed by atoms with Crippen LogP contribution in [0.5, 0.6) is 5.88 Å². The minimum Gasteiger partial charge on any atom is -0.474 e. The molecule has 0 amide bonds. The van der Waals surface area contributed by atoms with Gasteiger partial charge in [-0.15, -0.1) is 0 Å². The van der Waals surface area contributed by atoms with Gasteiger partial charge in [0.1, 0.15) is 6.61 Å². The van der Waals surface area contributed by atoms with Gasteiger partial charge in [0.2, 0.25) is 5.88 Å². The first-order chi connectivity index (χ1) is 7.88. The van der Waals surface area contributed by atoms with Crippen molar-refractivity contribution in [1.29, 1.82) is 0 Å². The molecule has 1 saturated carbocycles. The molecule has 0 spiro atoms. The van der Waals surface area contributed by atoms with Crippen molar-refractivity contribution in [1.82, 2.24) is 15.3 Å². The van der Waals surface area contributed by atoms with Crippen LogP contribution in [0.15, 0.2) is 12.4 Å². The van der Waals surface area contributed by atoms with Gasteiger partial charge < -0.3 is 14.8 Å². The van der Waals surface area contributed by atoms with Gasteiger partial charge in [0.15, 0.2) is 0 Å². The highest BCUT2D eigenvalue weighted by molar-refractivity contribution is 5.08. The minimum absolute atomic E-state index is 0.505. The van der Waals surface area contributed by atoms with E-state index in [4.69, 9.17) is 9.47 Å². The number of nitrogens with one attached hydrogen (secondary N) is 1. The molecule has 0 radical (unpaired) electrons. The first-order valence-electron chi connectivity index (χ1n) is 5.54. The van der Waals surface area contributed by atoms with Crippen molar-refractivity contribution >= 4 is 0 Å². The Morgan fingerprint density at radius 2 is 2.25 bits per heavy atom. The van der Waals surface area contributed by atoms with Crippen LogP contribution < -0.4 is 10.1 Å². The van der Waals surface area contributed by atoms with Crippen molar-refractivity contribution in [3.8, 4) is 5.88 Å². The largest absolute Gasteiger partial charge is 0.474 e. The molecule has 0 atom stereocenters. The number of aromatic nitrogens is 2. The monoisotopic (exact) mass is 223 g/mol. The van der Waals surface area contributed by atoms with E-state index >= 15 is 0 Å². The molecule has 1 aliphatic carbocycles. The van der Waals surface area contributed by atoms with Crippen LogP contribution in [0.25, 0.3) is 0 Å². The highest BCUT2D eigenvalue weighted by Gasteiger charge is 2.20. The number of hydrogen-bond donors (Lipinski definition) is 1. The first kappa shape index (κ1) is 11.3. The fourth-order valence-electron chi connectivity index (χ4n) is 1.31. The van der Waals surface area contributed by atoms with E-state index in [9.17, 15) is 0 Å². The van der Waals surface area contributed by atoms with Crippen LogP contribution in [-0.4, -0.2) is 36.3 Å². The smallest absolute Gasteiger partial charge is 0.232 e. The normalized spacial score (nSPS) is 15.1. The predicted octanol–water partition coefficient (Wildman–Crippen LogP) is 0.754. The first-order valence-corrected chi connectivity index (χ1v) is 5.54. The summed E-state index contributed by atoms with van der Waals surface area (Å²) in [6.07, 6.45) is 5.93. The van der Waals surface area contributed by atoms with Crippen LogP contribution in [0.4, 0.5) is 0 Å².